The molecule has 0 fully saturated rings. The van der Waals surface area contributed by atoms with Crippen LogP contribution in [0, 0.1) is 0 Å². The van der Waals surface area contributed by atoms with Crippen LogP contribution in [-0.4, -0.2) is 9.55 Å². The molecule has 1 aromatic carbocycles. The summed E-state index contributed by atoms with van der Waals surface area (Å²) in [5, 5.41) is 0. The Morgan fingerprint density at radius 1 is 1.09 bits per heavy atom. The van der Waals surface area contributed by atoms with Crippen molar-refractivity contribution < 1.29 is 26.3 Å². The van der Waals surface area contributed by atoms with Crippen LogP contribution in [0.25, 0.3) is 5.69 Å². The van der Waals surface area contributed by atoms with Gasteiger partial charge < -0.3 is 4.98 Å². The molecule has 120 valence electrons. The van der Waals surface area contributed by atoms with E-state index in [9.17, 15) is 31.1 Å². The van der Waals surface area contributed by atoms with Crippen LogP contribution in [0.4, 0.5) is 26.3 Å². The lowest BCUT2D eigenvalue weighted by atomic mass is 10.1. The van der Waals surface area contributed by atoms with Crippen molar-refractivity contribution in [2.45, 2.75) is 25.7 Å². The molecule has 22 heavy (non-hydrogen) atoms. The molecule has 0 aliphatic rings. The summed E-state index contributed by atoms with van der Waals surface area (Å²) in [7, 11) is 0. The number of hydrogen-bond donors (Lipinski definition) is 1. The molecule has 0 saturated carbocycles. The molecule has 1 heterocycles. The van der Waals surface area contributed by atoms with Gasteiger partial charge in [-0.05, 0) is 24.6 Å². The van der Waals surface area contributed by atoms with E-state index in [1.807, 2.05) is 0 Å². The summed E-state index contributed by atoms with van der Waals surface area (Å²) in [6, 6.07) is 1.15. The molecule has 0 atom stereocenters. The molecule has 0 unspecified atom stereocenters. The third kappa shape index (κ3) is 3.02. The fourth-order valence-corrected chi connectivity index (χ4v) is 1.95. The van der Waals surface area contributed by atoms with Crippen LogP contribution in [0.2, 0.25) is 0 Å². The molecule has 0 bridgehead atoms. The van der Waals surface area contributed by atoms with E-state index in [0.29, 0.717) is 28.8 Å². The number of aromatic amines is 1. The highest BCUT2D eigenvalue weighted by Crippen LogP contribution is 2.38. The average Bonchev–Trinajstić information content (AvgIpc) is 2.77. The van der Waals surface area contributed by atoms with Crippen LogP contribution in [0.5, 0.6) is 0 Å². The van der Waals surface area contributed by atoms with Crippen LogP contribution >= 0.6 is 0 Å². The smallest absolute Gasteiger partial charge is 0.310 e. The number of nitrogens with one attached hydrogen (secondary N) is 1. The van der Waals surface area contributed by atoms with Gasteiger partial charge in [-0.1, -0.05) is 6.92 Å². The summed E-state index contributed by atoms with van der Waals surface area (Å²) in [5.41, 5.74) is -4.07. The lowest BCUT2D eigenvalue weighted by molar-refractivity contribution is -0.143. The van der Waals surface area contributed by atoms with Gasteiger partial charge in [0.05, 0.1) is 16.8 Å². The second kappa shape index (κ2) is 5.22. The van der Waals surface area contributed by atoms with Crippen molar-refractivity contribution in [1.82, 2.24) is 9.55 Å². The second-order valence-corrected chi connectivity index (χ2v) is 4.54. The molecule has 2 aromatic rings. The van der Waals surface area contributed by atoms with Gasteiger partial charge in [-0.25, -0.2) is 4.79 Å². The molecule has 0 amide bonds. The Morgan fingerprint density at radius 3 is 2.18 bits per heavy atom. The summed E-state index contributed by atoms with van der Waals surface area (Å²) in [5.74, 6) is 0. The monoisotopic (exact) mass is 324 g/mol. The third-order valence-electron chi connectivity index (χ3n) is 3.04. The van der Waals surface area contributed by atoms with Crippen molar-refractivity contribution in [3.63, 3.8) is 0 Å². The number of imidazole rings is 1. The standard InChI is InChI=1S/C13H10F6N2O/c1-2-8-6-21(11(22)20-8)10-4-3-7(12(14,15)16)5-9(10)13(17,18)19/h3-6H,2H2,1H3,(H,20,22). The molecular weight excluding hydrogens is 314 g/mol. The summed E-state index contributed by atoms with van der Waals surface area (Å²) >= 11 is 0. The molecule has 1 N–H and O–H groups in total. The van der Waals surface area contributed by atoms with Crippen molar-refractivity contribution in [1.29, 1.82) is 0 Å². The molecule has 2 rings (SSSR count). The maximum Gasteiger partial charge on any atom is 0.418 e. The molecule has 0 spiro atoms. The van der Waals surface area contributed by atoms with Crippen molar-refractivity contribution in [2.24, 2.45) is 0 Å². The number of aryl methyl sites for hydroxylation is 1. The van der Waals surface area contributed by atoms with E-state index >= 15 is 0 Å². The maximum atomic E-state index is 13.0. The summed E-state index contributed by atoms with van der Waals surface area (Å²) in [6.45, 7) is 1.67. The minimum Gasteiger partial charge on any atom is -0.310 e. The zero-order chi connectivity index (χ0) is 16.7. The van der Waals surface area contributed by atoms with Gasteiger partial charge >= 0.3 is 18.0 Å². The lowest BCUT2D eigenvalue weighted by Gasteiger charge is -2.15. The van der Waals surface area contributed by atoms with E-state index in [1.165, 1.54) is 0 Å². The summed E-state index contributed by atoms with van der Waals surface area (Å²) in [6.07, 6.45) is -8.43. The van der Waals surface area contributed by atoms with Crippen LogP contribution in [0.1, 0.15) is 23.7 Å². The van der Waals surface area contributed by atoms with E-state index in [-0.39, 0.29) is 6.07 Å². The second-order valence-electron chi connectivity index (χ2n) is 4.54. The SMILES string of the molecule is CCc1cn(-c2ccc(C(F)(F)F)cc2C(F)(F)F)c(=O)[nH]1. The molecule has 0 saturated heterocycles. The Morgan fingerprint density at radius 2 is 1.73 bits per heavy atom. The predicted octanol–water partition coefficient (Wildman–Crippen LogP) is 3.77. The van der Waals surface area contributed by atoms with Crippen LogP contribution < -0.4 is 5.69 Å². The van der Waals surface area contributed by atoms with E-state index in [2.05, 4.69) is 4.98 Å². The van der Waals surface area contributed by atoms with Gasteiger partial charge in [-0.2, -0.15) is 26.3 Å². The predicted molar refractivity (Wildman–Crippen MR) is 65.8 cm³/mol. The fraction of sp³-hybridized carbons (Fsp3) is 0.308. The van der Waals surface area contributed by atoms with Crippen molar-refractivity contribution in [3.05, 3.63) is 51.7 Å². The average molecular weight is 324 g/mol. The highest BCUT2D eigenvalue weighted by Gasteiger charge is 2.38. The van der Waals surface area contributed by atoms with Crippen LogP contribution in [-0.2, 0) is 18.8 Å². The zero-order valence-corrected chi connectivity index (χ0v) is 11.1. The topological polar surface area (TPSA) is 37.8 Å². The van der Waals surface area contributed by atoms with Crippen molar-refractivity contribution in [2.75, 3.05) is 0 Å². The Labute approximate surface area is 120 Å². The largest absolute Gasteiger partial charge is 0.418 e. The first-order valence-corrected chi connectivity index (χ1v) is 6.13. The van der Waals surface area contributed by atoms with Crippen LogP contribution in [0.15, 0.2) is 29.2 Å². The Kier molecular flexibility index (Phi) is 3.84. The van der Waals surface area contributed by atoms with E-state index in [1.54, 1.807) is 6.92 Å². The Hall–Kier alpha value is -2.19. The first-order valence-electron chi connectivity index (χ1n) is 6.13. The lowest BCUT2D eigenvalue weighted by Crippen LogP contribution is -2.20. The van der Waals surface area contributed by atoms with Gasteiger partial charge in [0, 0.05) is 11.9 Å². The quantitative estimate of drug-likeness (QED) is 0.839. The van der Waals surface area contributed by atoms with Crippen LogP contribution in [0.3, 0.4) is 0 Å². The van der Waals surface area contributed by atoms with Crippen molar-refractivity contribution >= 4 is 0 Å². The van der Waals surface area contributed by atoms with E-state index in [0.717, 1.165) is 6.20 Å². The van der Waals surface area contributed by atoms with Gasteiger partial charge in [-0.15, -0.1) is 0 Å². The molecule has 9 heteroatoms. The molecule has 0 radical (unpaired) electrons. The number of H-pyrrole nitrogens is 1. The number of alkyl halides is 6. The highest BCUT2D eigenvalue weighted by atomic mass is 19.4. The number of hydrogen-bond acceptors (Lipinski definition) is 1. The molecule has 0 aliphatic carbocycles. The van der Waals surface area contributed by atoms with Gasteiger partial charge in [0.25, 0.3) is 0 Å². The van der Waals surface area contributed by atoms with Gasteiger partial charge in [0.1, 0.15) is 0 Å². The number of aromatic nitrogens is 2. The molecular formula is C13H10F6N2O. The third-order valence-corrected chi connectivity index (χ3v) is 3.04. The number of benzene rings is 1. The summed E-state index contributed by atoms with van der Waals surface area (Å²) < 4.78 is 77.5. The number of nitrogens with zero attached hydrogens (tertiary/aromatic N) is 1. The van der Waals surface area contributed by atoms with E-state index < -0.39 is 34.9 Å². The van der Waals surface area contributed by atoms with E-state index in [4.69, 9.17) is 0 Å². The first-order chi connectivity index (χ1) is 10.0. The Balaban J connectivity index is 2.70. The first kappa shape index (κ1) is 16.2. The normalized spacial score (nSPS) is 12.7. The Bertz CT molecular complexity index is 738. The van der Waals surface area contributed by atoms with Gasteiger partial charge in [0.2, 0.25) is 0 Å². The molecule has 1 aromatic heterocycles. The molecule has 3 nitrogen and oxygen atoms in total. The molecule has 0 aliphatic heterocycles. The zero-order valence-electron chi connectivity index (χ0n) is 11.1. The van der Waals surface area contributed by atoms with Crippen molar-refractivity contribution in [3.8, 4) is 5.69 Å². The maximum absolute atomic E-state index is 13.0. The number of halogens is 6. The summed E-state index contributed by atoms with van der Waals surface area (Å²) in [4.78, 5) is 14.0. The highest BCUT2D eigenvalue weighted by molar-refractivity contribution is 5.46. The van der Waals surface area contributed by atoms with Gasteiger partial charge in [-0.3, -0.25) is 4.57 Å². The number of rotatable bonds is 2. The fourth-order valence-electron chi connectivity index (χ4n) is 1.95. The minimum absolute atomic E-state index is 0.000389. The van der Waals surface area contributed by atoms with Gasteiger partial charge in [0.15, 0.2) is 0 Å². The minimum atomic E-state index is -5.03.